The van der Waals surface area contributed by atoms with E-state index < -0.39 is 0 Å². The van der Waals surface area contributed by atoms with E-state index in [1.165, 1.54) is 24.0 Å². The second kappa shape index (κ2) is 3.74. The molecule has 0 saturated carbocycles. The molecule has 1 aliphatic rings. The Morgan fingerprint density at radius 2 is 2.21 bits per heavy atom. The summed E-state index contributed by atoms with van der Waals surface area (Å²) in [5, 5.41) is 0. The number of hydrogen-bond acceptors (Lipinski definition) is 1. The highest BCUT2D eigenvalue weighted by atomic mass is 14.6. The van der Waals surface area contributed by atoms with Gasteiger partial charge in [-0.1, -0.05) is 25.1 Å². The highest BCUT2D eigenvalue weighted by Crippen LogP contribution is 2.35. The molecule has 2 unspecified atom stereocenters. The standard InChI is InChI=1S/C13H19N/c1-9-6-11(8-14)12-5-3-4-10(2)13(12)7-9/h3-5,9,11H,6-8,14H2,1-2H3. The van der Waals surface area contributed by atoms with Crippen molar-refractivity contribution in [3.63, 3.8) is 0 Å². The van der Waals surface area contributed by atoms with Crippen LogP contribution in [-0.2, 0) is 6.42 Å². The predicted octanol–water partition coefficient (Wildman–Crippen LogP) is 2.62. The van der Waals surface area contributed by atoms with Crippen molar-refractivity contribution in [3.05, 3.63) is 34.9 Å². The maximum atomic E-state index is 5.83. The van der Waals surface area contributed by atoms with Crippen molar-refractivity contribution in [2.45, 2.75) is 32.6 Å². The Labute approximate surface area is 86.3 Å². The lowest BCUT2D eigenvalue weighted by atomic mass is 9.76. The van der Waals surface area contributed by atoms with Crippen molar-refractivity contribution in [2.24, 2.45) is 11.7 Å². The van der Waals surface area contributed by atoms with Gasteiger partial charge < -0.3 is 5.73 Å². The molecule has 1 nitrogen and oxygen atoms in total. The van der Waals surface area contributed by atoms with E-state index in [0.29, 0.717) is 5.92 Å². The van der Waals surface area contributed by atoms with Gasteiger partial charge in [0, 0.05) is 0 Å². The Morgan fingerprint density at radius 3 is 2.93 bits per heavy atom. The van der Waals surface area contributed by atoms with Gasteiger partial charge in [-0.2, -0.15) is 0 Å². The van der Waals surface area contributed by atoms with E-state index in [2.05, 4.69) is 32.0 Å². The van der Waals surface area contributed by atoms with Gasteiger partial charge in [-0.05, 0) is 54.8 Å². The molecule has 1 aromatic rings. The lowest BCUT2D eigenvalue weighted by Crippen LogP contribution is -2.23. The van der Waals surface area contributed by atoms with Crippen molar-refractivity contribution in [1.82, 2.24) is 0 Å². The van der Waals surface area contributed by atoms with Crippen molar-refractivity contribution < 1.29 is 0 Å². The average Bonchev–Trinajstić information content (AvgIpc) is 2.18. The van der Waals surface area contributed by atoms with E-state index in [1.807, 2.05) is 0 Å². The van der Waals surface area contributed by atoms with Crippen molar-refractivity contribution in [2.75, 3.05) is 6.54 Å². The third-order valence-corrected chi connectivity index (χ3v) is 3.41. The Morgan fingerprint density at radius 1 is 1.43 bits per heavy atom. The number of fused-ring (bicyclic) bond motifs is 1. The van der Waals surface area contributed by atoms with Crippen LogP contribution in [-0.4, -0.2) is 6.54 Å². The molecule has 14 heavy (non-hydrogen) atoms. The van der Waals surface area contributed by atoms with E-state index in [0.717, 1.165) is 12.5 Å². The van der Waals surface area contributed by atoms with Crippen LogP contribution in [0.2, 0.25) is 0 Å². The Bertz CT molecular complexity index is 330. The van der Waals surface area contributed by atoms with Crippen molar-refractivity contribution >= 4 is 0 Å². The van der Waals surface area contributed by atoms with E-state index in [4.69, 9.17) is 5.73 Å². The largest absolute Gasteiger partial charge is 0.330 e. The fraction of sp³-hybridized carbons (Fsp3) is 0.538. The smallest absolute Gasteiger partial charge is 0.000803 e. The molecule has 2 atom stereocenters. The lowest BCUT2D eigenvalue weighted by molar-refractivity contribution is 0.435. The van der Waals surface area contributed by atoms with Crippen LogP contribution in [0.25, 0.3) is 0 Å². The molecular formula is C13H19N. The van der Waals surface area contributed by atoms with E-state index in [1.54, 1.807) is 5.56 Å². The molecule has 1 aromatic carbocycles. The first-order valence-electron chi connectivity index (χ1n) is 5.50. The SMILES string of the molecule is Cc1cccc2c1CC(C)CC2CN. The third-order valence-electron chi connectivity index (χ3n) is 3.41. The minimum absolute atomic E-state index is 0.591. The second-order valence-electron chi connectivity index (χ2n) is 4.62. The average molecular weight is 189 g/mol. The van der Waals surface area contributed by atoms with E-state index in [9.17, 15) is 0 Å². The fourth-order valence-corrected chi connectivity index (χ4v) is 2.65. The Kier molecular flexibility index (Phi) is 2.60. The summed E-state index contributed by atoms with van der Waals surface area (Å²) >= 11 is 0. The first kappa shape index (κ1) is 9.72. The molecule has 0 aliphatic heterocycles. The Balaban J connectivity index is 2.45. The van der Waals surface area contributed by atoms with Gasteiger partial charge in [0.25, 0.3) is 0 Å². The summed E-state index contributed by atoms with van der Waals surface area (Å²) in [7, 11) is 0. The van der Waals surface area contributed by atoms with Crippen LogP contribution < -0.4 is 5.73 Å². The monoisotopic (exact) mass is 189 g/mol. The highest BCUT2D eigenvalue weighted by molar-refractivity contribution is 5.39. The minimum atomic E-state index is 0.591. The topological polar surface area (TPSA) is 26.0 Å². The van der Waals surface area contributed by atoms with Gasteiger partial charge in [-0.3, -0.25) is 0 Å². The van der Waals surface area contributed by atoms with Crippen LogP contribution in [0.1, 0.15) is 36.0 Å². The molecule has 0 aromatic heterocycles. The number of rotatable bonds is 1. The lowest BCUT2D eigenvalue weighted by Gasteiger charge is -2.30. The molecule has 76 valence electrons. The highest BCUT2D eigenvalue weighted by Gasteiger charge is 2.24. The molecule has 1 heteroatoms. The summed E-state index contributed by atoms with van der Waals surface area (Å²) in [6.45, 7) is 5.34. The van der Waals surface area contributed by atoms with E-state index >= 15 is 0 Å². The molecule has 0 bridgehead atoms. The first-order chi connectivity index (χ1) is 6.72. The maximum absolute atomic E-state index is 5.83. The van der Waals surface area contributed by atoms with Crippen LogP contribution in [0.3, 0.4) is 0 Å². The van der Waals surface area contributed by atoms with Gasteiger partial charge in [0.2, 0.25) is 0 Å². The van der Waals surface area contributed by atoms with Gasteiger partial charge in [0.15, 0.2) is 0 Å². The van der Waals surface area contributed by atoms with Gasteiger partial charge in [0.1, 0.15) is 0 Å². The van der Waals surface area contributed by atoms with Gasteiger partial charge in [0.05, 0.1) is 0 Å². The number of aryl methyl sites for hydroxylation is 1. The van der Waals surface area contributed by atoms with Crippen LogP contribution in [0, 0.1) is 12.8 Å². The molecule has 0 spiro atoms. The van der Waals surface area contributed by atoms with Gasteiger partial charge in [-0.15, -0.1) is 0 Å². The molecule has 2 N–H and O–H groups in total. The van der Waals surface area contributed by atoms with Crippen molar-refractivity contribution in [3.8, 4) is 0 Å². The molecule has 0 heterocycles. The molecule has 0 saturated heterocycles. The van der Waals surface area contributed by atoms with Gasteiger partial charge in [-0.25, -0.2) is 0 Å². The molecule has 0 amide bonds. The molecule has 0 radical (unpaired) electrons. The summed E-state index contributed by atoms with van der Waals surface area (Å²) in [5.74, 6) is 1.38. The number of hydrogen-bond donors (Lipinski definition) is 1. The summed E-state index contributed by atoms with van der Waals surface area (Å²) in [5.41, 5.74) is 10.3. The number of benzene rings is 1. The second-order valence-corrected chi connectivity index (χ2v) is 4.62. The van der Waals surface area contributed by atoms with E-state index in [-0.39, 0.29) is 0 Å². The summed E-state index contributed by atoms with van der Waals surface area (Å²) in [4.78, 5) is 0. The maximum Gasteiger partial charge on any atom is -0.000803 e. The van der Waals surface area contributed by atoms with Crippen molar-refractivity contribution in [1.29, 1.82) is 0 Å². The van der Waals surface area contributed by atoms with Crippen LogP contribution in [0.5, 0.6) is 0 Å². The summed E-state index contributed by atoms with van der Waals surface area (Å²) in [6.07, 6.45) is 2.49. The summed E-state index contributed by atoms with van der Waals surface area (Å²) < 4.78 is 0. The zero-order chi connectivity index (χ0) is 10.1. The molecular weight excluding hydrogens is 170 g/mol. The normalized spacial score (nSPS) is 25.9. The zero-order valence-electron chi connectivity index (χ0n) is 9.09. The molecule has 0 fully saturated rings. The fourth-order valence-electron chi connectivity index (χ4n) is 2.65. The Hall–Kier alpha value is -0.820. The van der Waals surface area contributed by atoms with Crippen LogP contribution in [0.15, 0.2) is 18.2 Å². The molecule has 1 aliphatic carbocycles. The number of nitrogens with two attached hydrogens (primary N) is 1. The zero-order valence-corrected chi connectivity index (χ0v) is 9.09. The minimum Gasteiger partial charge on any atom is -0.330 e. The predicted molar refractivity (Wildman–Crippen MR) is 60.5 cm³/mol. The first-order valence-corrected chi connectivity index (χ1v) is 5.50. The van der Waals surface area contributed by atoms with Crippen LogP contribution >= 0.6 is 0 Å². The van der Waals surface area contributed by atoms with Gasteiger partial charge >= 0.3 is 0 Å². The summed E-state index contributed by atoms with van der Waals surface area (Å²) in [6, 6.07) is 6.63. The third kappa shape index (κ3) is 1.57. The molecule has 2 rings (SSSR count). The van der Waals surface area contributed by atoms with Crippen LogP contribution in [0.4, 0.5) is 0 Å². The quantitative estimate of drug-likeness (QED) is 0.722.